The molecular weight excluding hydrogens is 234 g/mol. The third-order valence-corrected chi connectivity index (χ3v) is 3.15. The minimum atomic E-state index is 0.555. The molecule has 4 heteroatoms. The van der Waals surface area contributed by atoms with Gasteiger partial charge < -0.3 is 14.5 Å². The molecule has 92 valence electrons. The zero-order valence-electron chi connectivity index (χ0n) is 9.72. The first-order valence-corrected chi connectivity index (χ1v) is 6.71. The largest absolute Gasteiger partial charge is 0.467 e. The molecule has 2 rings (SSSR count). The maximum Gasteiger partial charge on any atom is 0.129 e. The summed E-state index contributed by atoms with van der Waals surface area (Å²) in [5.41, 5.74) is 1.40. The van der Waals surface area contributed by atoms with Crippen LogP contribution in [0.1, 0.15) is 11.3 Å². The van der Waals surface area contributed by atoms with E-state index in [1.165, 1.54) is 5.56 Å². The van der Waals surface area contributed by atoms with Crippen LogP contribution in [0, 0.1) is 0 Å². The van der Waals surface area contributed by atoms with E-state index in [-0.39, 0.29) is 0 Å². The molecule has 17 heavy (non-hydrogen) atoms. The van der Waals surface area contributed by atoms with Crippen LogP contribution < -0.4 is 5.32 Å². The fourth-order valence-corrected chi connectivity index (χ4v) is 2.21. The van der Waals surface area contributed by atoms with Crippen molar-refractivity contribution in [2.45, 2.75) is 13.0 Å². The van der Waals surface area contributed by atoms with Gasteiger partial charge in [0.05, 0.1) is 12.9 Å². The summed E-state index contributed by atoms with van der Waals surface area (Å²) in [6.07, 6.45) is 2.75. The Balaban J connectivity index is 1.44. The van der Waals surface area contributed by atoms with Gasteiger partial charge in [-0.2, -0.15) is 11.3 Å². The maximum atomic E-state index is 5.46. The van der Waals surface area contributed by atoms with Crippen LogP contribution in [0.3, 0.4) is 0 Å². The normalized spacial score (nSPS) is 10.8. The smallest absolute Gasteiger partial charge is 0.129 e. The average Bonchev–Trinajstić information content (AvgIpc) is 3.00. The number of furan rings is 1. The molecule has 0 aliphatic rings. The molecule has 0 unspecified atom stereocenters. The van der Waals surface area contributed by atoms with Gasteiger partial charge in [0.25, 0.3) is 0 Å². The highest BCUT2D eigenvalue weighted by molar-refractivity contribution is 7.07. The van der Waals surface area contributed by atoms with Crippen LogP contribution >= 0.6 is 11.3 Å². The maximum absolute atomic E-state index is 5.46. The minimum Gasteiger partial charge on any atom is -0.467 e. The molecular formula is C13H17NO2S. The van der Waals surface area contributed by atoms with E-state index in [9.17, 15) is 0 Å². The Labute approximate surface area is 105 Å². The Bertz CT molecular complexity index is 345. The van der Waals surface area contributed by atoms with Gasteiger partial charge in [0.2, 0.25) is 0 Å². The van der Waals surface area contributed by atoms with Crippen LogP contribution in [0.4, 0.5) is 0 Å². The number of thiophene rings is 1. The Morgan fingerprint density at radius 3 is 3.06 bits per heavy atom. The highest BCUT2D eigenvalue weighted by Crippen LogP contribution is 2.05. The fraction of sp³-hybridized carbons (Fsp3) is 0.385. The SMILES string of the molecule is c1coc(COCCNCCc2ccsc2)c1. The summed E-state index contributed by atoms with van der Waals surface area (Å²) in [7, 11) is 0. The van der Waals surface area contributed by atoms with E-state index in [1.807, 2.05) is 12.1 Å². The van der Waals surface area contributed by atoms with Gasteiger partial charge in [0, 0.05) is 6.54 Å². The lowest BCUT2D eigenvalue weighted by atomic mass is 10.2. The molecule has 2 aromatic heterocycles. The van der Waals surface area contributed by atoms with Crippen molar-refractivity contribution in [3.8, 4) is 0 Å². The summed E-state index contributed by atoms with van der Waals surface area (Å²) in [5, 5.41) is 7.66. The van der Waals surface area contributed by atoms with E-state index >= 15 is 0 Å². The number of nitrogens with one attached hydrogen (secondary N) is 1. The van der Waals surface area contributed by atoms with Crippen LogP contribution in [0.15, 0.2) is 39.6 Å². The van der Waals surface area contributed by atoms with Gasteiger partial charge in [-0.05, 0) is 47.5 Å². The molecule has 3 nitrogen and oxygen atoms in total. The first-order chi connectivity index (χ1) is 8.45. The van der Waals surface area contributed by atoms with Crippen LogP contribution in [0.5, 0.6) is 0 Å². The van der Waals surface area contributed by atoms with Crippen LogP contribution in [0.2, 0.25) is 0 Å². The van der Waals surface area contributed by atoms with Crippen LogP contribution in [-0.4, -0.2) is 19.7 Å². The lowest BCUT2D eigenvalue weighted by molar-refractivity contribution is 0.108. The standard InChI is InChI=1S/C13H17NO2S/c1-2-13(16-7-1)10-15-8-6-14-5-3-12-4-9-17-11-12/h1-2,4,7,9,11,14H,3,5-6,8,10H2. The van der Waals surface area contributed by atoms with Gasteiger partial charge in [-0.1, -0.05) is 0 Å². The highest BCUT2D eigenvalue weighted by atomic mass is 32.1. The second-order valence-electron chi connectivity index (χ2n) is 3.76. The highest BCUT2D eigenvalue weighted by Gasteiger charge is 1.95. The van der Waals surface area contributed by atoms with E-state index in [1.54, 1.807) is 17.6 Å². The van der Waals surface area contributed by atoms with Crippen molar-refractivity contribution in [3.05, 3.63) is 46.5 Å². The van der Waals surface area contributed by atoms with Crippen LogP contribution in [0.25, 0.3) is 0 Å². The summed E-state index contributed by atoms with van der Waals surface area (Å²) in [5.74, 6) is 0.878. The molecule has 0 aliphatic carbocycles. The summed E-state index contributed by atoms with van der Waals surface area (Å²) >= 11 is 1.75. The molecule has 0 spiro atoms. The van der Waals surface area contributed by atoms with Crippen molar-refractivity contribution < 1.29 is 9.15 Å². The Kier molecular flexibility index (Phi) is 5.29. The molecule has 2 aromatic rings. The number of ether oxygens (including phenoxy) is 1. The van der Waals surface area contributed by atoms with Crippen molar-refractivity contribution in [3.63, 3.8) is 0 Å². The Morgan fingerprint density at radius 1 is 1.29 bits per heavy atom. The van der Waals surface area contributed by atoms with Gasteiger partial charge in [0.15, 0.2) is 0 Å². The van der Waals surface area contributed by atoms with Gasteiger partial charge in [-0.3, -0.25) is 0 Å². The van der Waals surface area contributed by atoms with Crippen molar-refractivity contribution in [1.29, 1.82) is 0 Å². The van der Waals surface area contributed by atoms with Crippen molar-refractivity contribution >= 4 is 11.3 Å². The van der Waals surface area contributed by atoms with E-state index < -0.39 is 0 Å². The first kappa shape index (κ1) is 12.4. The molecule has 0 fully saturated rings. The number of hydrogen-bond donors (Lipinski definition) is 1. The number of hydrogen-bond acceptors (Lipinski definition) is 4. The third kappa shape index (κ3) is 4.73. The van der Waals surface area contributed by atoms with Crippen molar-refractivity contribution in [2.75, 3.05) is 19.7 Å². The molecule has 0 atom stereocenters. The Hall–Kier alpha value is -1.10. The lowest BCUT2D eigenvalue weighted by Crippen LogP contribution is -2.22. The van der Waals surface area contributed by atoms with Gasteiger partial charge in [0.1, 0.15) is 12.4 Å². The zero-order valence-corrected chi connectivity index (χ0v) is 10.5. The van der Waals surface area contributed by atoms with Crippen molar-refractivity contribution in [2.24, 2.45) is 0 Å². The van der Waals surface area contributed by atoms with E-state index in [4.69, 9.17) is 9.15 Å². The third-order valence-electron chi connectivity index (χ3n) is 2.42. The molecule has 0 bridgehead atoms. The summed E-state index contributed by atoms with van der Waals surface area (Å²) in [4.78, 5) is 0. The summed E-state index contributed by atoms with van der Waals surface area (Å²) < 4.78 is 10.6. The molecule has 0 saturated heterocycles. The number of rotatable bonds is 8. The van der Waals surface area contributed by atoms with Gasteiger partial charge in [-0.15, -0.1) is 0 Å². The Morgan fingerprint density at radius 2 is 2.29 bits per heavy atom. The van der Waals surface area contributed by atoms with E-state index in [0.29, 0.717) is 13.2 Å². The predicted octanol–water partition coefficient (Wildman–Crippen LogP) is 2.69. The summed E-state index contributed by atoms with van der Waals surface area (Å²) in [6.45, 7) is 3.15. The molecule has 0 saturated carbocycles. The van der Waals surface area contributed by atoms with E-state index in [2.05, 4.69) is 22.1 Å². The molecule has 0 radical (unpaired) electrons. The molecule has 0 aromatic carbocycles. The average molecular weight is 251 g/mol. The monoisotopic (exact) mass is 251 g/mol. The van der Waals surface area contributed by atoms with Gasteiger partial charge >= 0.3 is 0 Å². The van der Waals surface area contributed by atoms with Gasteiger partial charge in [-0.25, -0.2) is 0 Å². The topological polar surface area (TPSA) is 34.4 Å². The molecule has 0 aliphatic heterocycles. The molecule has 2 heterocycles. The second kappa shape index (κ2) is 7.27. The summed E-state index contributed by atoms with van der Waals surface area (Å²) in [6, 6.07) is 5.96. The molecule has 1 N–H and O–H groups in total. The second-order valence-corrected chi connectivity index (χ2v) is 4.54. The van der Waals surface area contributed by atoms with E-state index in [0.717, 1.165) is 25.3 Å². The fourth-order valence-electron chi connectivity index (χ4n) is 1.50. The zero-order chi connectivity index (χ0) is 11.8. The molecule has 0 amide bonds. The lowest BCUT2D eigenvalue weighted by Gasteiger charge is -2.04. The van der Waals surface area contributed by atoms with Crippen molar-refractivity contribution in [1.82, 2.24) is 5.32 Å². The predicted molar refractivity (Wildman–Crippen MR) is 69.3 cm³/mol. The quantitative estimate of drug-likeness (QED) is 0.732. The van der Waals surface area contributed by atoms with Crippen LogP contribution in [-0.2, 0) is 17.8 Å². The minimum absolute atomic E-state index is 0.555. The first-order valence-electron chi connectivity index (χ1n) is 5.77.